The highest BCUT2D eigenvalue weighted by atomic mass is 28.3. The molecule has 0 aliphatic heterocycles. The topological polar surface area (TPSA) is 56.0 Å². The molecule has 3 aromatic rings. The van der Waals surface area contributed by atoms with Crippen molar-refractivity contribution in [2.24, 2.45) is 4.99 Å². The highest BCUT2D eigenvalue weighted by Gasteiger charge is 2.20. The Morgan fingerprint density at radius 1 is 1.07 bits per heavy atom. The van der Waals surface area contributed by atoms with Crippen molar-refractivity contribution >= 4 is 20.9 Å². The zero-order chi connectivity index (χ0) is 19.8. The minimum atomic E-state index is -1.16. The van der Waals surface area contributed by atoms with E-state index in [2.05, 4.69) is 41.8 Å². The minimum absolute atomic E-state index is 0.0719. The normalized spacial score (nSPS) is 12.6. The Kier molecular flexibility index (Phi) is 7.19. The number of nitrogens with one attached hydrogen (secondary N) is 1. The van der Waals surface area contributed by atoms with Gasteiger partial charge in [0, 0.05) is 18.0 Å². The molecule has 3 rings (SSSR count). The summed E-state index contributed by atoms with van der Waals surface area (Å²) in [6, 6.07) is 20.1. The van der Waals surface area contributed by atoms with Crippen LogP contribution in [0.15, 0.2) is 76.3 Å². The number of hydrogen-bond acceptors (Lipinski definition) is 5. The smallest absolute Gasteiger partial charge is 0.199 e. The molecule has 2 aromatic carbocycles. The summed E-state index contributed by atoms with van der Waals surface area (Å²) in [5.74, 6) is 1.52. The van der Waals surface area contributed by atoms with E-state index in [1.165, 1.54) is 5.56 Å². The number of aliphatic imine (C=N–C) groups is 1. The molecule has 1 heterocycles. The summed E-state index contributed by atoms with van der Waals surface area (Å²) in [7, 11) is 0.516. The fourth-order valence-electron chi connectivity index (χ4n) is 3.03. The number of benzene rings is 2. The zero-order valence-electron chi connectivity index (χ0n) is 16.5. The molecule has 1 aromatic heterocycles. The van der Waals surface area contributed by atoms with Gasteiger partial charge >= 0.3 is 0 Å². The van der Waals surface area contributed by atoms with E-state index < -0.39 is 9.04 Å². The van der Waals surface area contributed by atoms with Crippen LogP contribution >= 0.6 is 0 Å². The van der Waals surface area contributed by atoms with Crippen LogP contribution in [0.4, 0.5) is 5.69 Å². The average molecular weight is 395 g/mol. The first-order chi connectivity index (χ1) is 13.7. The quantitative estimate of drug-likeness (QED) is 0.325. The average Bonchev–Trinajstić information content (AvgIpc) is 3.23. The van der Waals surface area contributed by atoms with Gasteiger partial charge < -0.3 is 13.7 Å². The Balaban J connectivity index is 1.95. The lowest BCUT2D eigenvalue weighted by Gasteiger charge is -2.22. The number of hydroxylamine groups is 1. The van der Waals surface area contributed by atoms with E-state index in [0.29, 0.717) is 12.3 Å². The van der Waals surface area contributed by atoms with Crippen molar-refractivity contribution in [2.75, 3.05) is 13.7 Å². The number of hydrogen-bond donors (Lipinski definition) is 1. The van der Waals surface area contributed by atoms with E-state index in [9.17, 15) is 0 Å². The van der Waals surface area contributed by atoms with E-state index in [0.717, 1.165) is 17.0 Å². The van der Waals surface area contributed by atoms with E-state index in [1.54, 1.807) is 19.6 Å². The van der Waals surface area contributed by atoms with Crippen molar-refractivity contribution < 1.29 is 13.7 Å². The molecule has 0 radical (unpaired) electrons. The Hall–Kier alpha value is -2.67. The molecule has 28 heavy (non-hydrogen) atoms. The molecule has 0 fully saturated rings. The van der Waals surface area contributed by atoms with E-state index in [-0.39, 0.29) is 5.92 Å². The Labute approximate surface area is 167 Å². The second-order valence-corrected chi connectivity index (χ2v) is 8.98. The standard InChI is InChI=1S/C22H26N2O3Si/c1-25-22-19(12-7-13-21(22)23-15-18-11-8-14-26-18)20(16-24-27-28(2)3)17-9-5-4-6-10-17/h4-15,20,24,28H,16H2,1-3H3. The molecule has 146 valence electrons. The van der Waals surface area contributed by atoms with Crippen molar-refractivity contribution in [3.63, 3.8) is 0 Å². The summed E-state index contributed by atoms with van der Waals surface area (Å²) in [6.07, 6.45) is 3.33. The summed E-state index contributed by atoms with van der Waals surface area (Å²) in [4.78, 5) is 4.58. The Morgan fingerprint density at radius 3 is 2.57 bits per heavy atom. The largest absolute Gasteiger partial charge is 0.494 e. The molecule has 0 spiro atoms. The van der Waals surface area contributed by atoms with Crippen molar-refractivity contribution in [3.8, 4) is 5.75 Å². The van der Waals surface area contributed by atoms with Crippen LogP contribution in [0.1, 0.15) is 22.8 Å². The number of methoxy groups -OCH3 is 1. The van der Waals surface area contributed by atoms with Crippen LogP contribution in [-0.2, 0) is 4.53 Å². The lowest BCUT2D eigenvalue weighted by atomic mass is 9.90. The highest BCUT2D eigenvalue weighted by Crippen LogP contribution is 2.38. The minimum Gasteiger partial charge on any atom is -0.494 e. The number of furan rings is 1. The third kappa shape index (κ3) is 5.19. The van der Waals surface area contributed by atoms with Gasteiger partial charge in [0.2, 0.25) is 0 Å². The summed E-state index contributed by atoms with van der Waals surface area (Å²) in [6.45, 7) is 4.92. The molecule has 0 aliphatic carbocycles. The third-order valence-electron chi connectivity index (χ3n) is 4.29. The first-order valence-corrected chi connectivity index (χ1v) is 12.1. The lowest BCUT2D eigenvalue weighted by molar-refractivity contribution is 0.195. The Morgan fingerprint density at radius 2 is 1.89 bits per heavy atom. The first kappa shape index (κ1) is 20.1. The predicted molar refractivity (Wildman–Crippen MR) is 115 cm³/mol. The van der Waals surface area contributed by atoms with Crippen LogP contribution in [0.3, 0.4) is 0 Å². The molecule has 0 amide bonds. The summed E-state index contributed by atoms with van der Waals surface area (Å²) in [5, 5.41) is 0. The van der Waals surface area contributed by atoms with Crippen molar-refractivity contribution in [1.82, 2.24) is 5.48 Å². The number of para-hydroxylation sites is 1. The molecule has 0 bridgehead atoms. The van der Waals surface area contributed by atoms with Gasteiger partial charge in [-0.15, -0.1) is 0 Å². The van der Waals surface area contributed by atoms with Crippen LogP contribution in [0.2, 0.25) is 13.1 Å². The maximum Gasteiger partial charge on any atom is 0.199 e. The molecule has 1 unspecified atom stereocenters. The molecule has 0 saturated carbocycles. The SMILES string of the molecule is COc1c(N=Cc2ccco2)cccc1C(CNO[SiH](C)C)c1ccccc1. The van der Waals surface area contributed by atoms with Crippen LogP contribution in [0, 0.1) is 0 Å². The van der Waals surface area contributed by atoms with Crippen molar-refractivity contribution in [3.05, 3.63) is 83.8 Å². The maximum atomic E-state index is 5.77. The number of rotatable bonds is 9. The van der Waals surface area contributed by atoms with Crippen LogP contribution in [0.25, 0.3) is 0 Å². The molecular formula is C22H26N2O3Si. The van der Waals surface area contributed by atoms with Gasteiger partial charge in [0.1, 0.15) is 17.2 Å². The first-order valence-electron chi connectivity index (χ1n) is 9.37. The van der Waals surface area contributed by atoms with Gasteiger partial charge in [0.25, 0.3) is 0 Å². The predicted octanol–water partition coefficient (Wildman–Crippen LogP) is 4.68. The van der Waals surface area contributed by atoms with Gasteiger partial charge in [-0.1, -0.05) is 42.5 Å². The fourth-order valence-corrected chi connectivity index (χ4v) is 3.46. The van der Waals surface area contributed by atoms with Gasteiger partial charge in [-0.25, -0.2) is 10.5 Å². The van der Waals surface area contributed by atoms with Crippen molar-refractivity contribution in [1.29, 1.82) is 0 Å². The summed E-state index contributed by atoms with van der Waals surface area (Å²) in [5.41, 5.74) is 6.17. The fraction of sp³-hybridized carbons (Fsp3) is 0.227. The Bertz CT molecular complexity index is 880. The number of nitrogens with zero attached hydrogens (tertiary/aromatic N) is 1. The van der Waals surface area contributed by atoms with E-state index in [4.69, 9.17) is 13.7 Å². The molecule has 6 heteroatoms. The number of ether oxygens (including phenoxy) is 1. The van der Waals surface area contributed by atoms with Gasteiger partial charge in [-0.05, 0) is 36.9 Å². The maximum absolute atomic E-state index is 5.77. The van der Waals surface area contributed by atoms with E-state index >= 15 is 0 Å². The van der Waals surface area contributed by atoms with E-state index in [1.807, 2.05) is 42.5 Å². The molecule has 5 nitrogen and oxygen atoms in total. The second kappa shape index (κ2) is 10.0. The van der Waals surface area contributed by atoms with Crippen LogP contribution < -0.4 is 10.2 Å². The van der Waals surface area contributed by atoms with Gasteiger partial charge in [0.15, 0.2) is 9.04 Å². The lowest BCUT2D eigenvalue weighted by Crippen LogP contribution is -2.27. The van der Waals surface area contributed by atoms with Gasteiger partial charge in [-0.3, -0.25) is 0 Å². The van der Waals surface area contributed by atoms with Crippen LogP contribution in [0.5, 0.6) is 5.75 Å². The molecule has 1 N–H and O–H groups in total. The molecular weight excluding hydrogens is 368 g/mol. The molecule has 1 atom stereocenters. The summed E-state index contributed by atoms with van der Waals surface area (Å²) < 4.78 is 16.8. The molecule has 0 aliphatic rings. The second-order valence-electron chi connectivity index (χ2n) is 6.65. The van der Waals surface area contributed by atoms with Gasteiger partial charge in [-0.2, -0.15) is 0 Å². The third-order valence-corrected chi connectivity index (χ3v) is 4.92. The highest BCUT2D eigenvalue weighted by molar-refractivity contribution is 6.48. The van der Waals surface area contributed by atoms with Gasteiger partial charge in [0.05, 0.1) is 19.6 Å². The van der Waals surface area contributed by atoms with Crippen LogP contribution in [-0.4, -0.2) is 28.9 Å². The zero-order valence-corrected chi connectivity index (χ0v) is 17.6. The van der Waals surface area contributed by atoms with Crippen molar-refractivity contribution in [2.45, 2.75) is 19.0 Å². The monoisotopic (exact) mass is 394 g/mol. The summed E-state index contributed by atoms with van der Waals surface area (Å²) >= 11 is 0. The molecule has 0 saturated heterocycles.